The molecule has 0 saturated heterocycles. The molecule has 7 heteroatoms. The van der Waals surface area contributed by atoms with Crippen LogP contribution in [0.1, 0.15) is 260 Å². The van der Waals surface area contributed by atoms with Gasteiger partial charge in [-0.2, -0.15) is 0 Å². The average Bonchev–Trinajstić information content (AvgIpc) is 3.15. The molecule has 0 aromatic heterocycles. The third kappa shape index (κ3) is 43.5. The Kier molecular flexibility index (Phi) is 52.4. The molecule has 0 aromatic carbocycles. The number of hydrogen-bond donors (Lipinski definition) is 0. The SMILES string of the molecule is CCCCCCCCN(CCCCCCCC)C(CCC)CCCC(=O)[O-].CCCCCCCCN(CCCCCCCC)C(CCC)CCCC(=O)[O-].[Ca+2]. The van der Waals surface area contributed by atoms with Crippen molar-refractivity contribution in [2.45, 2.75) is 272 Å². The molecule has 0 spiro atoms. The van der Waals surface area contributed by atoms with Gasteiger partial charge in [0.15, 0.2) is 0 Å². The first-order chi connectivity index (χ1) is 26.3. The summed E-state index contributed by atoms with van der Waals surface area (Å²) in [5.74, 6) is -1.80. The van der Waals surface area contributed by atoms with E-state index < -0.39 is 11.9 Å². The van der Waals surface area contributed by atoms with Crippen molar-refractivity contribution < 1.29 is 19.8 Å². The molecule has 0 aliphatic heterocycles. The first-order valence-electron chi connectivity index (χ1n) is 24.2. The zero-order valence-corrected chi connectivity index (χ0v) is 40.5. The van der Waals surface area contributed by atoms with Gasteiger partial charge in [-0.3, -0.25) is 0 Å². The predicted octanol–water partition coefficient (Wildman–Crippen LogP) is 11.8. The summed E-state index contributed by atoms with van der Waals surface area (Å²) in [4.78, 5) is 26.9. The van der Waals surface area contributed by atoms with E-state index in [0.29, 0.717) is 12.1 Å². The van der Waals surface area contributed by atoms with Crippen molar-refractivity contribution in [2.75, 3.05) is 26.2 Å². The van der Waals surface area contributed by atoms with Gasteiger partial charge in [0.05, 0.1) is 0 Å². The van der Waals surface area contributed by atoms with Gasteiger partial charge in [0, 0.05) is 24.0 Å². The van der Waals surface area contributed by atoms with Gasteiger partial charge in [0.1, 0.15) is 0 Å². The summed E-state index contributed by atoms with van der Waals surface area (Å²) in [7, 11) is 0. The Bertz CT molecular complexity index is 676. The Labute approximate surface area is 374 Å². The maximum absolute atomic E-state index is 10.8. The molecule has 0 rings (SSSR count). The largest absolute Gasteiger partial charge is 2.00 e. The molecular formula is C48H96CaN2O4. The predicted molar refractivity (Wildman–Crippen MR) is 238 cm³/mol. The molecule has 2 unspecified atom stereocenters. The molecule has 0 aliphatic rings. The molecule has 0 fully saturated rings. The van der Waals surface area contributed by atoms with Crippen LogP contribution in [0.4, 0.5) is 0 Å². The first kappa shape index (κ1) is 59.4. The maximum atomic E-state index is 10.8. The van der Waals surface area contributed by atoms with Gasteiger partial charge >= 0.3 is 37.7 Å². The number of carbonyl (C=O) groups excluding carboxylic acids is 2. The van der Waals surface area contributed by atoms with E-state index in [2.05, 4.69) is 51.3 Å². The molecule has 6 nitrogen and oxygen atoms in total. The van der Waals surface area contributed by atoms with Crippen molar-refractivity contribution in [1.82, 2.24) is 9.80 Å². The summed E-state index contributed by atoms with van der Waals surface area (Å²) in [5.41, 5.74) is 0. The normalized spacial score (nSPS) is 12.4. The van der Waals surface area contributed by atoms with Crippen molar-refractivity contribution in [1.29, 1.82) is 0 Å². The van der Waals surface area contributed by atoms with E-state index in [4.69, 9.17) is 0 Å². The van der Waals surface area contributed by atoms with Crippen LogP contribution in [0, 0.1) is 0 Å². The fourth-order valence-electron chi connectivity index (χ4n) is 7.98. The third-order valence-electron chi connectivity index (χ3n) is 11.3. The van der Waals surface area contributed by atoms with Crippen LogP contribution >= 0.6 is 0 Å². The zero-order chi connectivity index (χ0) is 40.3. The molecule has 0 radical (unpaired) electrons. The minimum Gasteiger partial charge on any atom is -0.550 e. The van der Waals surface area contributed by atoms with E-state index >= 15 is 0 Å². The number of unbranched alkanes of at least 4 members (excludes halogenated alkanes) is 20. The summed E-state index contributed by atoms with van der Waals surface area (Å²) < 4.78 is 0. The minimum atomic E-state index is -0.899. The quantitative estimate of drug-likeness (QED) is 0.0451. The van der Waals surface area contributed by atoms with Crippen LogP contribution in [-0.4, -0.2) is 97.7 Å². The second-order valence-electron chi connectivity index (χ2n) is 16.6. The van der Waals surface area contributed by atoms with Crippen LogP contribution in [0.3, 0.4) is 0 Å². The fourth-order valence-corrected chi connectivity index (χ4v) is 7.98. The van der Waals surface area contributed by atoms with Gasteiger partial charge in [-0.25, -0.2) is 0 Å². The Hall–Kier alpha value is 0.120. The minimum absolute atomic E-state index is 0. The molecule has 2 atom stereocenters. The molecule has 0 heterocycles. The van der Waals surface area contributed by atoms with Crippen molar-refractivity contribution >= 4 is 49.7 Å². The second kappa shape index (κ2) is 48.5. The summed E-state index contributed by atoms with van der Waals surface area (Å²) in [6.45, 7) is 18.3. The van der Waals surface area contributed by atoms with E-state index in [0.717, 1.165) is 25.7 Å². The van der Waals surface area contributed by atoms with Gasteiger partial charge in [0.25, 0.3) is 0 Å². The Balaban J connectivity index is -0.000000966. The number of aliphatic carboxylic acids is 2. The maximum Gasteiger partial charge on any atom is 2.00 e. The zero-order valence-electron chi connectivity index (χ0n) is 38.3. The van der Waals surface area contributed by atoms with Gasteiger partial charge < -0.3 is 29.6 Å². The summed E-state index contributed by atoms with van der Waals surface area (Å²) in [5, 5.41) is 21.6. The summed E-state index contributed by atoms with van der Waals surface area (Å²) in [6.07, 6.45) is 40.9. The topological polar surface area (TPSA) is 86.7 Å². The molecule has 0 aromatic rings. The number of carbonyl (C=O) groups is 2. The van der Waals surface area contributed by atoms with Crippen LogP contribution in [-0.2, 0) is 9.59 Å². The van der Waals surface area contributed by atoms with E-state index in [-0.39, 0.29) is 50.6 Å². The van der Waals surface area contributed by atoms with E-state index in [1.807, 2.05) is 0 Å². The van der Waals surface area contributed by atoms with Crippen molar-refractivity contribution in [2.24, 2.45) is 0 Å². The smallest absolute Gasteiger partial charge is 0.550 e. The molecule has 0 amide bonds. The fraction of sp³-hybridized carbons (Fsp3) is 0.958. The van der Waals surface area contributed by atoms with E-state index in [9.17, 15) is 19.8 Å². The number of rotatable bonds is 42. The standard InChI is InChI=1S/2C24H49NO2.Ca/c2*1-4-7-9-11-13-15-21-25(22-16-14-12-10-8-5-2)23(18-6-3)19-17-20-24(26)27;/h2*23H,4-22H2,1-3H3,(H,26,27);/q;;+2/p-2. The Morgan fingerprint density at radius 2 is 0.582 bits per heavy atom. The van der Waals surface area contributed by atoms with Crippen molar-refractivity contribution in [3.63, 3.8) is 0 Å². The van der Waals surface area contributed by atoms with Gasteiger partial charge in [-0.05, 0) is 103 Å². The van der Waals surface area contributed by atoms with Crippen LogP contribution < -0.4 is 10.2 Å². The average molecular weight is 805 g/mol. The Morgan fingerprint density at radius 1 is 0.345 bits per heavy atom. The molecular weight excluding hydrogens is 709 g/mol. The molecule has 0 saturated carbocycles. The molecule has 0 N–H and O–H groups in total. The number of carboxylic acid groups (broad SMARTS) is 2. The van der Waals surface area contributed by atoms with Crippen molar-refractivity contribution in [3.05, 3.63) is 0 Å². The van der Waals surface area contributed by atoms with Crippen LogP contribution in [0.5, 0.6) is 0 Å². The van der Waals surface area contributed by atoms with Crippen molar-refractivity contribution in [3.8, 4) is 0 Å². The molecule has 55 heavy (non-hydrogen) atoms. The van der Waals surface area contributed by atoms with Gasteiger partial charge in [-0.15, -0.1) is 0 Å². The number of carboxylic acids is 2. The van der Waals surface area contributed by atoms with Gasteiger partial charge in [0.2, 0.25) is 0 Å². The number of hydrogen-bond acceptors (Lipinski definition) is 6. The molecule has 0 bridgehead atoms. The first-order valence-corrected chi connectivity index (χ1v) is 24.2. The summed E-state index contributed by atoms with van der Waals surface area (Å²) in [6, 6.07) is 1.11. The second-order valence-corrected chi connectivity index (χ2v) is 16.6. The summed E-state index contributed by atoms with van der Waals surface area (Å²) >= 11 is 0. The van der Waals surface area contributed by atoms with Crippen LogP contribution in [0.15, 0.2) is 0 Å². The van der Waals surface area contributed by atoms with E-state index in [1.165, 1.54) is 206 Å². The number of nitrogens with zero attached hydrogens (tertiary/aromatic N) is 2. The monoisotopic (exact) mass is 805 g/mol. The molecule has 0 aliphatic carbocycles. The molecule has 324 valence electrons. The third-order valence-corrected chi connectivity index (χ3v) is 11.3. The van der Waals surface area contributed by atoms with Crippen LogP contribution in [0.25, 0.3) is 0 Å². The van der Waals surface area contributed by atoms with Gasteiger partial charge in [-0.1, -0.05) is 183 Å². The van der Waals surface area contributed by atoms with Crippen LogP contribution in [0.2, 0.25) is 0 Å². The Morgan fingerprint density at radius 3 is 0.800 bits per heavy atom. The van der Waals surface area contributed by atoms with E-state index in [1.54, 1.807) is 0 Å².